The maximum atomic E-state index is 12.7. The van der Waals surface area contributed by atoms with Crippen molar-refractivity contribution in [2.24, 2.45) is 0 Å². The van der Waals surface area contributed by atoms with Crippen molar-refractivity contribution in [3.63, 3.8) is 0 Å². The summed E-state index contributed by atoms with van der Waals surface area (Å²) in [6, 6.07) is 14.6. The lowest BCUT2D eigenvalue weighted by Crippen LogP contribution is -2.34. The van der Waals surface area contributed by atoms with E-state index in [9.17, 15) is 9.90 Å². The van der Waals surface area contributed by atoms with Gasteiger partial charge in [0, 0.05) is 30.7 Å². The van der Waals surface area contributed by atoms with Crippen LogP contribution < -0.4 is 10.2 Å². The average molecular weight is 463 g/mol. The number of aliphatic hydroxyl groups is 1. The van der Waals surface area contributed by atoms with Crippen LogP contribution in [0.3, 0.4) is 0 Å². The van der Waals surface area contributed by atoms with Crippen LogP contribution in [0.5, 0.6) is 0 Å². The Bertz CT molecular complexity index is 1110. The largest absolute Gasteiger partial charge is 0.394 e. The van der Waals surface area contributed by atoms with E-state index in [2.05, 4.69) is 59.0 Å². The van der Waals surface area contributed by atoms with Gasteiger partial charge in [-0.25, -0.2) is 4.98 Å². The van der Waals surface area contributed by atoms with E-state index in [0.717, 1.165) is 42.9 Å². The summed E-state index contributed by atoms with van der Waals surface area (Å²) in [7, 11) is 0. The van der Waals surface area contributed by atoms with Crippen molar-refractivity contribution < 1.29 is 9.90 Å². The van der Waals surface area contributed by atoms with Gasteiger partial charge in [-0.2, -0.15) is 0 Å². The van der Waals surface area contributed by atoms with E-state index in [1.807, 2.05) is 12.1 Å². The summed E-state index contributed by atoms with van der Waals surface area (Å²) in [5, 5.41) is 12.1. The fourth-order valence-corrected chi connectivity index (χ4v) is 5.03. The fraction of sp³-hybridized carbons (Fsp3) is 0.500. The summed E-state index contributed by atoms with van der Waals surface area (Å²) >= 11 is 0. The first-order valence-electron chi connectivity index (χ1n) is 12.7. The molecule has 1 unspecified atom stereocenters. The van der Waals surface area contributed by atoms with Crippen LogP contribution in [0.1, 0.15) is 79.9 Å². The van der Waals surface area contributed by atoms with E-state index >= 15 is 0 Å². The number of nitrogens with zero attached hydrogens (tertiary/aromatic N) is 3. The summed E-state index contributed by atoms with van der Waals surface area (Å²) in [6.07, 6.45) is 7.41. The van der Waals surface area contributed by atoms with Crippen molar-refractivity contribution >= 4 is 22.9 Å². The van der Waals surface area contributed by atoms with Gasteiger partial charge in [0.25, 0.3) is 5.91 Å². The molecule has 0 bridgehead atoms. The highest BCUT2D eigenvalue weighted by molar-refractivity contribution is 5.98. The minimum atomic E-state index is -0.285. The molecule has 6 heteroatoms. The number of rotatable bonds is 8. The van der Waals surface area contributed by atoms with Gasteiger partial charge in [-0.1, -0.05) is 55.5 Å². The lowest BCUT2D eigenvalue weighted by Gasteiger charge is -2.27. The topological polar surface area (TPSA) is 70.4 Å². The predicted molar refractivity (Wildman–Crippen MR) is 138 cm³/mol. The van der Waals surface area contributed by atoms with Crippen molar-refractivity contribution in [2.75, 3.05) is 18.1 Å². The van der Waals surface area contributed by atoms with Crippen LogP contribution in [0.4, 0.5) is 5.95 Å². The number of hydrogen-bond donors (Lipinski definition) is 2. The van der Waals surface area contributed by atoms with E-state index in [-0.39, 0.29) is 18.6 Å². The number of anilines is 1. The van der Waals surface area contributed by atoms with Crippen molar-refractivity contribution in [1.29, 1.82) is 0 Å². The molecule has 0 spiro atoms. The molecule has 1 saturated carbocycles. The second kappa shape index (κ2) is 11.0. The molecule has 0 aliphatic heterocycles. The zero-order chi connectivity index (χ0) is 24.1. The third-order valence-electron chi connectivity index (χ3n) is 6.89. The second-order valence-electron chi connectivity index (χ2n) is 9.69. The van der Waals surface area contributed by atoms with Crippen molar-refractivity contribution in [2.45, 2.75) is 77.9 Å². The van der Waals surface area contributed by atoms with E-state index in [1.165, 1.54) is 36.8 Å². The molecule has 4 rings (SSSR count). The Morgan fingerprint density at radius 3 is 2.62 bits per heavy atom. The molecular formula is C28H38N4O2. The molecule has 34 heavy (non-hydrogen) atoms. The Hall–Kier alpha value is -2.86. The van der Waals surface area contributed by atoms with E-state index in [1.54, 1.807) is 6.92 Å². The minimum Gasteiger partial charge on any atom is -0.394 e. The Kier molecular flexibility index (Phi) is 7.88. The molecule has 1 aliphatic rings. The Labute approximate surface area is 203 Å². The Balaban J connectivity index is 1.75. The quantitative estimate of drug-likeness (QED) is 0.441. The molecule has 0 radical (unpaired) electrons. The van der Waals surface area contributed by atoms with Gasteiger partial charge in [0.05, 0.1) is 17.6 Å². The summed E-state index contributed by atoms with van der Waals surface area (Å²) in [4.78, 5) is 20.2. The first kappa shape index (κ1) is 24.3. The first-order chi connectivity index (χ1) is 16.5. The monoisotopic (exact) mass is 462 g/mol. The van der Waals surface area contributed by atoms with Crippen molar-refractivity contribution in [3.8, 4) is 0 Å². The number of fused-ring (bicyclic) bond motifs is 1. The van der Waals surface area contributed by atoms with Crippen LogP contribution >= 0.6 is 0 Å². The van der Waals surface area contributed by atoms with Crippen LogP contribution in [0, 0.1) is 6.92 Å². The SMILES string of the molecule is CCN(Cc1cccc(C)c1)c1nc2cc(C(=O)NC(C)CO)ccc2n1C1CCCCCC1. The molecule has 2 N–H and O–H groups in total. The van der Waals surface area contributed by atoms with E-state index < -0.39 is 0 Å². The predicted octanol–water partition coefficient (Wildman–Crippen LogP) is 5.38. The standard InChI is InChI=1S/C28H38N4O2/c1-4-31(18-22-11-9-10-20(2)16-22)28-30-25-17-23(27(34)29-21(3)19-33)14-15-26(25)32(28)24-12-7-5-6-8-13-24/h9-11,14-17,21,24,33H,4-8,12-13,18-19H2,1-3H3,(H,29,34). The zero-order valence-corrected chi connectivity index (χ0v) is 20.8. The number of carbonyl (C=O) groups is 1. The molecule has 1 atom stereocenters. The maximum Gasteiger partial charge on any atom is 0.251 e. The van der Waals surface area contributed by atoms with Gasteiger partial charge in [0.1, 0.15) is 0 Å². The van der Waals surface area contributed by atoms with Gasteiger partial charge in [0.15, 0.2) is 0 Å². The maximum absolute atomic E-state index is 12.7. The zero-order valence-electron chi connectivity index (χ0n) is 20.8. The lowest BCUT2D eigenvalue weighted by atomic mass is 10.1. The number of aromatic nitrogens is 2. The molecule has 1 aromatic heterocycles. The molecule has 2 aromatic carbocycles. The van der Waals surface area contributed by atoms with Crippen LogP contribution in [0.25, 0.3) is 11.0 Å². The van der Waals surface area contributed by atoms with Crippen LogP contribution in [-0.4, -0.2) is 39.8 Å². The molecule has 0 saturated heterocycles. The van der Waals surface area contributed by atoms with Crippen LogP contribution in [0.2, 0.25) is 0 Å². The molecule has 1 fully saturated rings. The molecule has 1 amide bonds. The molecule has 1 heterocycles. The van der Waals surface area contributed by atoms with Gasteiger partial charge in [-0.3, -0.25) is 4.79 Å². The molecule has 182 valence electrons. The first-order valence-corrected chi connectivity index (χ1v) is 12.7. The summed E-state index contributed by atoms with van der Waals surface area (Å²) in [5.74, 6) is 0.813. The van der Waals surface area contributed by atoms with Gasteiger partial charge >= 0.3 is 0 Å². The Morgan fingerprint density at radius 1 is 1.18 bits per heavy atom. The number of carbonyl (C=O) groups excluding carboxylic acids is 1. The smallest absolute Gasteiger partial charge is 0.251 e. The summed E-state index contributed by atoms with van der Waals surface area (Å²) < 4.78 is 2.44. The lowest BCUT2D eigenvalue weighted by molar-refractivity contribution is 0.0922. The van der Waals surface area contributed by atoms with Crippen LogP contribution in [-0.2, 0) is 6.54 Å². The second-order valence-corrected chi connectivity index (χ2v) is 9.69. The number of amides is 1. The van der Waals surface area contributed by atoms with Gasteiger partial charge in [-0.15, -0.1) is 0 Å². The summed E-state index contributed by atoms with van der Waals surface area (Å²) in [6.45, 7) is 7.67. The van der Waals surface area contributed by atoms with Crippen molar-refractivity contribution in [1.82, 2.24) is 14.9 Å². The van der Waals surface area contributed by atoms with Gasteiger partial charge in [-0.05, 0) is 57.4 Å². The van der Waals surface area contributed by atoms with E-state index in [4.69, 9.17) is 4.98 Å². The van der Waals surface area contributed by atoms with Gasteiger partial charge in [0.2, 0.25) is 5.95 Å². The van der Waals surface area contributed by atoms with Crippen LogP contribution in [0.15, 0.2) is 42.5 Å². The Morgan fingerprint density at radius 2 is 1.94 bits per heavy atom. The average Bonchev–Trinajstić information content (AvgIpc) is 3.00. The minimum absolute atomic E-state index is 0.0845. The highest BCUT2D eigenvalue weighted by atomic mass is 16.3. The number of benzene rings is 2. The third-order valence-corrected chi connectivity index (χ3v) is 6.89. The number of aryl methyl sites for hydroxylation is 1. The molecule has 3 aromatic rings. The van der Waals surface area contributed by atoms with E-state index in [0.29, 0.717) is 11.6 Å². The number of nitrogens with one attached hydrogen (secondary N) is 1. The number of aliphatic hydroxyl groups excluding tert-OH is 1. The fourth-order valence-electron chi connectivity index (χ4n) is 5.03. The number of imidazole rings is 1. The highest BCUT2D eigenvalue weighted by Gasteiger charge is 2.24. The summed E-state index contributed by atoms with van der Waals surface area (Å²) in [5.41, 5.74) is 5.06. The van der Waals surface area contributed by atoms with Gasteiger partial charge < -0.3 is 19.9 Å². The molecular weight excluding hydrogens is 424 g/mol. The third kappa shape index (κ3) is 5.44. The normalized spacial score (nSPS) is 15.8. The highest BCUT2D eigenvalue weighted by Crippen LogP contribution is 2.35. The molecule has 6 nitrogen and oxygen atoms in total. The molecule has 1 aliphatic carbocycles. The van der Waals surface area contributed by atoms with Crippen molar-refractivity contribution in [3.05, 3.63) is 59.2 Å². The number of hydrogen-bond acceptors (Lipinski definition) is 4.